The Labute approximate surface area is 225 Å². The van der Waals surface area contributed by atoms with Crippen molar-refractivity contribution in [2.45, 2.75) is 31.5 Å². The molecule has 0 aliphatic carbocycles. The van der Waals surface area contributed by atoms with Crippen LogP contribution in [-0.2, 0) is 7.05 Å². The van der Waals surface area contributed by atoms with Crippen molar-refractivity contribution in [3.05, 3.63) is 99.8 Å². The van der Waals surface area contributed by atoms with Gasteiger partial charge in [-0.25, -0.2) is 8.78 Å². The van der Waals surface area contributed by atoms with Crippen molar-refractivity contribution in [3.63, 3.8) is 0 Å². The third-order valence-corrected chi connectivity index (χ3v) is 7.40. The highest BCUT2D eigenvalue weighted by molar-refractivity contribution is 6.30. The predicted octanol–water partition coefficient (Wildman–Crippen LogP) is 6.09. The minimum absolute atomic E-state index is 0.0961. The third kappa shape index (κ3) is 5.04. The van der Waals surface area contributed by atoms with Gasteiger partial charge in [0.25, 0.3) is 0 Å². The molecule has 4 aromatic rings. The van der Waals surface area contributed by atoms with Crippen LogP contribution in [0.2, 0.25) is 5.02 Å². The van der Waals surface area contributed by atoms with Crippen LogP contribution >= 0.6 is 11.6 Å². The Morgan fingerprint density at radius 3 is 2.39 bits per heavy atom. The van der Waals surface area contributed by atoms with Gasteiger partial charge in [-0.1, -0.05) is 48.0 Å². The Morgan fingerprint density at radius 1 is 1.05 bits per heavy atom. The van der Waals surface area contributed by atoms with Crippen molar-refractivity contribution < 1.29 is 8.78 Å². The van der Waals surface area contributed by atoms with E-state index in [1.807, 2.05) is 42.5 Å². The molecular formula is C29H27ClF2N6. The van der Waals surface area contributed by atoms with Crippen LogP contribution < -0.4 is 0 Å². The van der Waals surface area contributed by atoms with Gasteiger partial charge in [0.1, 0.15) is 11.5 Å². The van der Waals surface area contributed by atoms with Gasteiger partial charge in [-0.15, -0.1) is 10.2 Å². The maximum Gasteiger partial charge on any atom is 0.208 e. The van der Waals surface area contributed by atoms with Crippen LogP contribution in [0.5, 0.6) is 0 Å². The van der Waals surface area contributed by atoms with E-state index < -0.39 is 17.4 Å². The summed E-state index contributed by atoms with van der Waals surface area (Å²) in [7, 11) is 1.61. The number of halogens is 3. The van der Waals surface area contributed by atoms with Gasteiger partial charge < -0.3 is 0 Å². The minimum atomic E-state index is -1.64. The fourth-order valence-electron chi connectivity index (χ4n) is 5.61. The summed E-state index contributed by atoms with van der Waals surface area (Å²) in [5.41, 5.74) is 1.64. The number of tetrazole rings is 1. The highest BCUT2D eigenvalue weighted by atomic mass is 35.5. The average molecular weight is 533 g/mol. The topological polar surface area (TPSA) is 70.6 Å². The molecular weight excluding hydrogens is 506 g/mol. The summed E-state index contributed by atoms with van der Waals surface area (Å²) in [6.07, 6.45) is 0. The van der Waals surface area contributed by atoms with Crippen molar-refractivity contribution in [1.29, 1.82) is 5.26 Å². The summed E-state index contributed by atoms with van der Waals surface area (Å²) >= 11 is 6.15. The number of benzene rings is 3. The summed E-state index contributed by atoms with van der Waals surface area (Å²) in [6.45, 7) is 4.22. The van der Waals surface area contributed by atoms with Crippen LogP contribution in [-0.4, -0.2) is 43.9 Å². The van der Waals surface area contributed by atoms with E-state index in [0.29, 0.717) is 29.2 Å². The van der Waals surface area contributed by atoms with Crippen molar-refractivity contribution in [3.8, 4) is 17.5 Å². The number of likely N-dealkylation sites (tertiary alicyclic amines) is 1. The quantitative estimate of drug-likeness (QED) is 0.288. The van der Waals surface area contributed by atoms with Crippen LogP contribution in [0.1, 0.15) is 48.1 Å². The maximum atomic E-state index is 15.9. The maximum absolute atomic E-state index is 15.9. The van der Waals surface area contributed by atoms with E-state index in [-0.39, 0.29) is 23.3 Å². The number of alkyl halides is 1. The Morgan fingerprint density at radius 2 is 1.76 bits per heavy atom. The van der Waals surface area contributed by atoms with E-state index in [1.165, 1.54) is 24.7 Å². The van der Waals surface area contributed by atoms with E-state index in [0.717, 1.165) is 11.1 Å². The molecule has 6 nitrogen and oxygen atoms in total. The minimum Gasteiger partial charge on any atom is -0.292 e. The monoisotopic (exact) mass is 532 g/mol. The Hall–Kier alpha value is -3.67. The predicted molar refractivity (Wildman–Crippen MR) is 142 cm³/mol. The van der Waals surface area contributed by atoms with E-state index in [2.05, 4.69) is 26.4 Å². The first-order chi connectivity index (χ1) is 18.2. The first-order valence-corrected chi connectivity index (χ1v) is 12.7. The van der Waals surface area contributed by atoms with Crippen LogP contribution in [0.25, 0.3) is 11.4 Å². The number of aryl methyl sites for hydroxylation is 1. The molecule has 0 saturated carbocycles. The molecule has 38 heavy (non-hydrogen) atoms. The summed E-state index contributed by atoms with van der Waals surface area (Å²) in [4.78, 5) is 3.51. The summed E-state index contributed by atoms with van der Waals surface area (Å²) in [6, 6.07) is 21.9. The normalized spacial score (nSPS) is 16.0. The SMILES string of the molecule is Cn1nnc(-c2c(F)cccc2[C@H](C2CN(C(c3ccc(Cl)cc3)c3cccc(C#N)c3)C2)C(C)(C)F)n1. The van der Waals surface area contributed by atoms with Crippen molar-refractivity contribution >= 4 is 11.6 Å². The molecule has 1 aliphatic heterocycles. The molecule has 1 unspecified atom stereocenters. The molecule has 0 amide bonds. The van der Waals surface area contributed by atoms with Gasteiger partial charge in [0.05, 0.1) is 30.3 Å². The lowest BCUT2D eigenvalue weighted by Crippen LogP contribution is -2.54. The van der Waals surface area contributed by atoms with Crippen LogP contribution in [0.3, 0.4) is 0 Å². The molecule has 0 radical (unpaired) electrons. The molecule has 1 saturated heterocycles. The fourth-order valence-corrected chi connectivity index (χ4v) is 5.74. The molecule has 1 aromatic heterocycles. The second-order valence-electron chi connectivity index (χ2n) is 10.3. The standard InChI is InChI=1S/C29H27ClF2N6/c1-29(2,32)26(23-8-5-9-24(31)25(23)28-34-36-37(3)35-28)21-16-38(17-21)27(19-10-12-22(30)13-11-19)20-7-4-6-18(14-20)15-33/h4-14,21,26-27H,16-17H2,1-3H3/t26-,27?/m0/s1. The highest BCUT2D eigenvalue weighted by Gasteiger charge is 2.46. The van der Waals surface area contributed by atoms with E-state index in [1.54, 1.807) is 25.2 Å². The van der Waals surface area contributed by atoms with Crippen molar-refractivity contribution in [1.82, 2.24) is 25.1 Å². The number of hydrogen-bond acceptors (Lipinski definition) is 5. The second-order valence-corrected chi connectivity index (χ2v) is 10.7. The number of hydrogen-bond donors (Lipinski definition) is 0. The first kappa shape index (κ1) is 26.0. The lowest BCUT2D eigenvalue weighted by molar-refractivity contribution is 0.00829. The fraction of sp³-hybridized carbons (Fsp3) is 0.310. The van der Waals surface area contributed by atoms with Gasteiger partial charge in [-0.05, 0) is 72.0 Å². The molecule has 194 valence electrons. The Kier molecular flexibility index (Phi) is 6.99. The number of nitriles is 1. The zero-order chi connectivity index (χ0) is 27.0. The van der Waals surface area contributed by atoms with Gasteiger partial charge in [0.15, 0.2) is 0 Å². The highest BCUT2D eigenvalue weighted by Crippen LogP contribution is 2.47. The lowest BCUT2D eigenvalue weighted by atomic mass is 9.71. The molecule has 1 fully saturated rings. The molecule has 5 rings (SSSR count). The van der Waals surface area contributed by atoms with Gasteiger partial charge in [-0.3, -0.25) is 4.90 Å². The molecule has 0 N–H and O–H groups in total. The molecule has 0 spiro atoms. The van der Waals surface area contributed by atoms with E-state index >= 15 is 8.78 Å². The zero-order valence-corrected chi connectivity index (χ0v) is 22.1. The molecule has 9 heteroatoms. The lowest BCUT2D eigenvalue weighted by Gasteiger charge is -2.50. The van der Waals surface area contributed by atoms with Gasteiger partial charge >= 0.3 is 0 Å². The summed E-state index contributed by atoms with van der Waals surface area (Å²) in [5, 5.41) is 22.2. The van der Waals surface area contributed by atoms with Gasteiger partial charge in [-0.2, -0.15) is 10.1 Å². The first-order valence-electron chi connectivity index (χ1n) is 12.4. The van der Waals surface area contributed by atoms with Crippen molar-refractivity contribution in [2.24, 2.45) is 13.0 Å². The average Bonchev–Trinajstić information content (AvgIpc) is 3.28. The smallest absolute Gasteiger partial charge is 0.208 e. The summed E-state index contributed by atoms with van der Waals surface area (Å²) < 4.78 is 31.1. The summed E-state index contributed by atoms with van der Waals surface area (Å²) in [5.74, 6) is -1.07. The molecule has 3 aromatic carbocycles. The molecule has 2 atom stereocenters. The third-order valence-electron chi connectivity index (χ3n) is 7.14. The van der Waals surface area contributed by atoms with E-state index in [9.17, 15) is 5.26 Å². The largest absolute Gasteiger partial charge is 0.292 e. The number of aromatic nitrogens is 4. The van der Waals surface area contributed by atoms with E-state index in [4.69, 9.17) is 11.6 Å². The number of rotatable bonds is 7. The van der Waals surface area contributed by atoms with Gasteiger partial charge in [0, 0.05) is 24.0 Å². The molecule has 0 bridgehead atoms. The van der Waals surface area contributed by atoms with Crippen molar-refractivity contribution in [2.75, 3.05) is 13.1 Å². The van der Waals surface area contributed by atoms with Crippen LogP contribution in [0, 0.1) is 23.1 Å². The molecule has 2 heterocycles. The van der Waals surface area contributed by atoms with Crippen LogP contribution in [0.15, 0.2) is 66.7 Å². The number of nitrogens with zero attached hydrogens (tertiary/aromatic N) is 6. The van der Waals surface area contributed by atoms with Crippen LogP contribution in [0.4, 0.5) is 8.78 Å². The Balaban J connectivity index is 1.51. The second kappa shape index (κ2) is 10.2. The van der Waals surface area contributed by atoms with Gasteiger partial charge in [0.2, 0.25) is 5.82 Å². The zero-order valence-electron chi connectivity index (χ0n) is 21.3. The Bertz CT molecular complexity index is 1480. The molecule has 1 aliphatic rings.